The Morgan fingerprint density at radius 2 is 1.33 bits per heavy atom. The predicted octanol–water partition coefficient (Wildman–Crippen LogP) is 4.72. The second-order valence-corrected chi connectivity index (χ2v) is 12.1. The summed E-state index contributed by atoms with van der Waals surface area (Å²) >= 11 is 0. The first kappa shape index (κ1) is 23.9. The molecule has 2 amide bonds. The molecule has 3 aromatic carbocycles. The van der Waals surface area contributed by atoms with E-state index in [2.05, 4.69) is 75.3 Å². The molecule has 42 heavy (non-hydrogen) atoms. The average molecular weight is 553 g/mol. The van der Waals surface area contributed by atoms with E-state index in [9.17, 15) is 14.9 Å². The van der Waals surface area contributed by atoms with Crippen molar-refractivity contribution in [3.05, 3.63) is 106 Å². The number of likely N-dealkylation sites (N-methyl/N-ethyl adjacent to an activating group) is 1. The van der Waals surface area contributed by atoms with Gasteiger partial charge in [0.15, 0.2) is 0 Å². The second kappa shape index (κ2) is 8.41. The number of amides is 2. The molecule has 9 rings (SSSR count). The maximum atomic E-state index is 13.6. The molecule has 5 aromatic rings. The van der Waals surface area contributed by atoms with Gasteiger partial charge in [0.1, 0.15) is 6.04 Å². The number of nitrogens with zero attached hydrogens (tertiary/aromatic N) is 4. The first-order valence-electron chi connectivity index (χ1n) is 14.6. The Kier molecular flexibility index (Phi) is 4.80. The highest BCUT2D eigenvalue weighted by Gasteiger charge is 2.56. The van der Waals surface area contributed by atoms with Crippen molar-refractivity contribution in [3.8, 4) is 6.07 Å². The molecular formula is C34H28N6O2. The number of fused-ring (bicyclic) bond motifs is 12. The summed E-state index contributed by atoms with van der Waals surface area (Å²) in [7, 11) is 2.15. The molecule has 0 spiro atoms. The number of carbonyl (C=O) groups is 2. The van der Waals surface area contributed by atoms with Crippen LogP contribution in [0.5, 0.6) is 0 Å². The van der Waals surface area contributed by atoms with Crippen molar-refractivity contribution in [1.82, 2.24) is 24.7 Å². The molecule has 0 aliphatic carbocycles. The number of aromatic amines is 2. The van der Waals surface area contributed by atoms with Crippen molar-refractivity contribution in [2.75, 3.05) is 13.6 Å². The SMILES string of the molecule is CN1[C@@H]2c3[nH]c4ccccc4c3C[C@H]1[C@H](C#N)N1[C@@H](CN3C(=O)c4ccccc4C3=O)c3[nH]c4ccccc4c3C[C@@H]21. The maximum absolute atomic E-state index is 13.6. The Morgan fingerprint density at radius 1 is 0.786 bits per heavy atom. The van der Waals surface area contributed by atoms with Crippen LogP contribution in [0.25, 0.3) is 21.8 Å². The van der Waals surface area contributed by atoms with Crippen molar-refractivity contribution < 1.29 is 9.59 Å². The molecule has 0 saturated carbocycles. The lowest BCUT2D eigenvalue weighted by atomic mass is 9.75. The zero-order chi connectivity index (χ0) is 28.3. The number of rotatable bonds is 2. The molecule has 8 nitrogen and oxygen atoms in total. The number of piperazine rings is 1. The molecular weight excluding hydrogens is 524 g/mol. The van der Waals surface area contributed by atoms with Crippen LogP contribution in [0.2, 0.25) is 0 Å². The monoisotopic (exact) mass is 552 g/mol. The van der Waals surface area contributed by atoms with Gasteiger partial charge in [-0.2, -0.15) is 5.26 Å². The minimum atomic E-state index is -0.419. The van der Waals surface area contributed by atoms with E-state index >= 15 is 0 Å². The number of nitriles is 1. The Morgan fingerprint density at radius 3 is 1.98 bits per heavy atom. The summed E-state index contributed by atoms with van der Waals surface area (Å²) in [5.41, 5.74) is 7.77. The summed E-state index contributed by atoms with van der Waals surface area (Å²) in [6.45, 7) is 0.184. The Balaban J connectivity index is 1.24. The molecule has 5 atom stereocenters. The van der Waals surface area contributed by atoms with Gasteiger partial charge in [0.25, 0.3) is 11.8 Å². The van der Waals surface area contributed by atoms with Crippen LogP contribution in [0.1, 0.15) is 55.3 Å². The molecule has 206 valence electrons. The smallest absolute Gasteiger partial charge is 0.261 e. The fourth-order valence-corrected chi connectivity index (χ4v) is 8.46. The first-order chi connectivity index (χ1) is 20.5. The number of carbonyl (C=O) groups excluding carboxylic acids is 2. The van der Waals surface area contributed by atoms with Crippen LogP contribution >= 0.6 is 0 Å². The number of aromatic nitrogens is 2. The van der Waals surface area contributed by atoms with E-state index in [-0.39, 0.29) is 42.5 Å². The van der Waals surface area contributed by atoms with Gasteiger partial charge in [-0.15, -0.1) is 0 Å². The zero-order valence-corrected chi connectivity index (χ0v) is 23.0. The molecule has 6 heterocycles. The lowest BCUT2D eigenvalue weighted by Gasteiger charge is -2.59. The molecule has 4 aliphatic heterocycles. The van der Waals surface area contributed by atoms with Gasteiger partial charge in [0.05, 0.1) is 35.8 Å². The largest absolute Gasteiger partial charge is 0.357 e. The van der Waals surface area contributed by atoms with E-state index in [0.29, 0.717) is 11.1 Å². The quantitative estimate of drug-likeness (QED) is 0.309. The number of H-pyrrole nitrogens is 2. The van der Waals surface area contributed by atoms with E-state index in [4.69, 9.17) is 0 Å². The van der Waals surface area contributed by atoms with Gasteiger partial charge in [-0.3, -0.25) is 24.3 Å². The summed E-state index contributed by atoms with van der Waals surface area (Å²) in [4.78, 5) is 40.7. The summed E-state index contributed by atoms with van der Waals surface area (Å²) in [6.07, 6.45) is 1.51. The van der Waals surface area contributed by atoms with Crippen LogP contribution in [0.3, 0.4) is 0 Å². The molecule has 0 unspecified atom stereocenters. The molecule has 1 saturated heterocycles. The second-order valence-electron chi connectivity index (χ2n) is 12.1. The lowest BCUT2D eigenvalue weighted by molar-refractivity contribution is -0.0759. The van der Waals surface area contributed by atoms with Crippen LogP contribution in [0.4, 0.5) is 0 Å². The van der Waals surface area contributed by atoms with Crippen LogP contribution in [0, 0.1) is 11.3 Å². The number of imide groups is 1. The number of nitrogens with one attached hydrogen (secondary N) is 2. The van der Waals surface area contributed by atoms with Gasteiger partial charge in [-0.05, 0) is 55.3 Å². The molecule has 0 radical (unpaired) electrons. The van der Waals surface area contributed by atoms with Crippen LogP contribution < -0.4 is 0 Å². The first-order valence-corrected chi connectivity index (χ1v) is 14.6. The summed E-state index contributed by atoms with van der Waals surface area (Å²) < 4.78 is 0. The number of para-hydroxylation sites is 2. The van der Waals surface area contributed by atoms with Gasteiger partial charge in [-0.25, -0.2) is 0 Å². The minimum absolute atomic E-state index is 0.0291. The van der Waals surface area contributed by atoms with E-state index < -0.39 is 6.04 Å². The van der Waals surface area contributed by atoms with Crippen molar-refractivity contribution in [3.63, 3.8) is 0 Å². The number of benzene rings is 3. The standard InChI is InChI=1S/C34H28N6O2/c1-38-26-14-23-19-9-5-7-13-25(19)37-31(23)32(38)27-15-22-18-8-4-6-12-24(18)36-30(22)29(40(27)28(26)16-35)17-39-33(41)20-10-2-3-11-21(20)34(39)42/h2-13,26-29,32,36-37H,14-15,17H2,1H3/t26-,27-,28-,29-,32-/m0/s1. The van der Waals surface area contributed by atoms with Crippen molar-refractivity contribution in [2.45, 2.75) is 43.1 Å². The van der Waals surface area contributed by atoms with E-state index in [1.165, 1.54) is 27.1 Å². The highest BCUT2D eigenvalue weighted by atomic mass is 16.2. The molecule has 2 bridgehead atoms. The van der Waals surface area contributed by atoms with Crippen LogP contribution in [0.15, 0.2) is 72.8 Å². The van der Waals surface area contributed by atoms with Gasteiger partial charge < -0.3 is 9.97 Å². The van der Waals surface area contributed by atoms with E-state index in [1.54, 1.807) is 24.3 Å². The summed E-state index contributed by atoms with van der Waals surface area (Å²) in [5, 5.41) is 13.2. The van der Waals surface area contributed by atoms with Gasteiger partial charge in [0, 0.05) is 45.3 Å². The summed E-state index contributed by atoms with van der Waals surface area (Å²) in [6, 6.07) is 25.7. The topological polar surface area (TPSA) is 99.2 Å². The van der Waals surface area contributed by atoms with Crippen LogP contribution in [-0.4, -0.2) is 68.2 Å². The van der Waals surface area contributed by atoms with Crippen molar-refractivity contribution in [2.24, 2.45) is 0 Å². The van der Waals surface area contributed by atoms with Crippen molar-refractivity contribution in [1.29, 1.82) is 5.26 Å². The zero-order valence-electron chi connectivity index (χ0n) is 23.0. The molecule has 1 fully saturated rings. The molecule has 8 heteroatoms. The summed E-state index contributed by atoms with van der Waals surface area (Å²) in [5.74, 6) is -0.535. The number of hydrogen-bond donors (Lipinski definition) is 2. The lowest BCUT2D eigenvalue weighted by Crippen LogP contribution is -2.68. The fourth-order valence-electron chi connectivity index (χ4n) is 8.46. The highest BCUT2D eigenvalue weighted by Crippen LogP contribution is 2.51. The molecule has 2 N–H and O–H groups in total. The maximum Gasteiger partial charge on any atom is 0.261 e. The highest BCUT2D eigenvalue weighted by molar-refractivity contribution is 6.21. The fraction of sp³-hybridized carbons (Fsp3) is 0.265. The number of hydrogen-bond acceptors (Lipinski definition) is 5. The minimum Gasteiger partial charge on any atom is -0.357 e. The van der Waals surface area contributed by atoms with Gasteiger partial charge in [0.2, 0.25) is 0 Å². The van der Waals surface area contributed by atoms with Crippen molar-refractivity contribution >= 4 is 33.6 Å². The third-order valence-electron chi connectivity index (χ3n) is 10.3. The predicted molar refractivity (Wildman–Crippen MR) is 158 cm³/mol. The third-order valence-corrected chi connectivity index (χ3v) is 10.3. The van der Waals surface area contributed by atoms with E-state index in [0.717, 1.165) is 35.0 Å². The van der Waals surface area contributed by atoms with Gasteiger partial charge >= 0.3 is 0 Å². The van der Waals surface area contributed by atoms with Gasteiger partial charge in [-0.1, -0.05) is 48.5 Å². The Bertz CT molecular complexity index is 1980. The third kappa shape index (κ3) is 2.97. The Hall–Kier alpha value is -4.71. The van der Waals surface area contributed by atoms with E-state index in [1.807, 2.05) is 6.07 Å². The van der Waals surface area contributed by atoms with Crippen LogP contribution in [-0.2, 0) is 12.8 Å². The Labute approximate surface area is 242 Å². The average Bonchev–Trinajstić information content (AvgIpc) is 3.64. The molecule has 2 aromatic heterocycles. The molecule has 4 aliphatic rings. The normalized spacial score (nSPS) is 26.7.